The highest BCUT2D eigenvalue weighted by molar-refractivity contribution is 6.69. The van der Waals surface area contributed by atoms with Crippen molar-refractivity contribution in [3.05, 3.63) is 11.1 Å². The van der Waals surface area contributed by atoms with Crippen LogP contribution in [0.2, 0.25) is 19.6 Å². The Labute approximate surface area is 83.3 Å². The van der Waals surface area contributed by atoms with Gasteiger partial charge in [0.1, 0.15) is 0 Å². The van der Waals surface area contributed by atoms with E-state index in [9.17, 15) is 0 Å². The van der Waals surface area contributed by atoms with Gasteiger partial charge in [0, 0.05) is 6.10 Å². The summed E-state index contributed by atoms with van der Waals surface area (Å²) in [6.07, 6.45) is 4.14. The van der Waals surface area contributed by atoms with Gasteiger partial charge in [-0.15, -0.1) is 0 Å². The molecule has 0 bridgehead atoms. The van der Waals surface area contributed by atoms with Crippen LogP contribution in [0.5, 0.6) is 0 Å². The Kier molecular flexibility index (Phi) is 3.36. The zero-order chi connectivity index (χ0) is 10.1. The van der Waals surface area contributed by atoms with Gasteiger partial charge in [0.05, 0.1) is 0 Å². The van der Waals surface area contributed by atoms with E-state index in [0.717, 1.165) is 6.42 Å². The van der Waals surface area contributed by atoms with Crippen LogP contribution in [0.4, 0.5) is 0 Å². The lowest BCUT2D eigenvalue weighted by molar-refractivity contribution is 0.177. The lowest BCUT2D eigenvalue weighted by atomic mass is 9.92. The average molecular weight is 198 g/mol. The summed E-state index contributed by atoms with van der Waals surface area (Å²) in [4.78, 5) is 0. The lowest BCUT2D eigenvalue weighted by Crippen LogP contribution is -2.33. The van der Waals surface area contributed by atoms with Crippen molar-refractivity contribution in [2.24, 2.45) is 0 Å². The molecule has 13 heavy (non-hydrogen) atoms. The highest BCUT2D eigenvalue weighted by Crippen LogP contribution is 2.27. The lowest BCUT2D eigenvalue weighted by Gasteiger charge is -2.30. The highest BCUT2D eigenvalue weighted by atomic mass is 28.4. The van der Waals surface area contributed by atoms with Crippen LogP contribution in [-0.4, -0.2) is 14.4 Å². The van der Waals surface area contributed by atoms with Crippen LogP contribution in [-0.2, 0) is 4.43 Å². The van der Waals surface area contributed by atoms with Gasteiger partial charge in [-0.05, 0) is 52.8 Å². The second kappa shape index (κ2) is 3.97. The van der Waals surface area contributed by atoms with Gasteiger partial charge in [0.2, 0.25) is 0 Å². The standard InChI is InChI=1S/C11H22OSi/c1-9-6-7-11(8-10(9)2)12-13(3,4)5/h11H,6-8H2,1-5H3. The van der Waals surface area contributed by atoms with Crippen LogP contribution in [0, 0.1) is 0 Å². The summed E-state index contributed by atoms with van der Waals surface area (Å²) in [6.45, 7) is 11.3. The first-order chi connectivity index (χ1) is 5.88. The third-order valence-electron chi connectivity index (χ3n) is 2.62. The minimum atomic E-state index is -1.32. The molecule has 1 aliphatic carbocycles. The summed E-state index contributed by atoms with van der Waals surface area (Å²) in [7, 11) is -1.32. The monoisotopic (exact) mass is 198 g/mol. The quantitative estimate of drug-likeness (QED) is 0.485. The largest absolute Gasteiger partial charge is 0.414 e. The predicted octanol–water partition coefficient (Wildman–Crippen LogP) is 3.73. The minimum absolute atomic E-state index is 0.510. The van der Waals surface area contributed by atoms with Gasteiger partial charge in [-0.2, -0.15) is 0 Å². The Morgan fingerprint density at radius 3 is 2.23 bits per heavy atom. The van der Waals surface area contributed by atoms with Gasteiger partial charge >= 0.3 is 0 Å². The van der Waals surface area contributed by atoms with Crippen molar-refractivity contribution >= 4 is 8.32 Å². The van der Waals surface area contributed by atoms with E-state index < -0.39 is 8.32 Å². The van der Waals surface area contributed by atoms with Crippen LogP contribution in [0.25, 0.3) is 0 Å². The fourth-order valence-electron chi connectivity index (χ4n) is 1.81. The minimum Gasteiger partial charge on any atom is -0.414 e. The molecule has 1 aliphatic rings. The molecule has 76 valence electrons. The average Bonchev–Trinajstić information content (AvgIpc) is 1.94. The summed E-state index contributed by atoms with van der Waals surface area (Å²) in [5.41, 5.74) is 3.13. The second-order valence-electron chi connectivity index (χ2n) is 5.16. The van der Waals surface area contributed by atoms with Crippen LogP contribution in [0.1, 0.15) is 33.1 Å². The van der Waals surface area contributed by atoms with E-state index in [2.05, 4.69) is 33.5 Å². The number of hydrogen-bond acceptors (Lipinski definition) is 1. The molecule has 0 aromatic carbocycles. The molecule has 0 aliphatic heterocycles. The van der Waals surface area contributed by atoms with E-state index in [4.69, 9.17) is 4.43 Å². The fourth-order valence-corrected chi connectivity index (χ4v) is 3.01. The first-order valence-electron chi connectivity index (χ1n) is 5.21. The first kappa shape index (κ1) is 11.0. The van der Waals surface area contributed by atoms with Gasteiger partial charge in [-0.1, -0.05) is 11.1 Å². The Hall–Kier alpha value is -0.0831. The molecule has 1 unspecified atom stereocenters. The number of hydrogen-bond donors (Lipinski definition) is 0. The summed E-state index contributed by atoms with van der Waals surface area (Å²) < 4.78 is 6.10. The molecule has 0 heterocycles. The van der Waals surface area contributed by atoms with Crippen molar-refractivity contribution in [2.75, 3.05) is 0 Å². The summed E-state index contributed by atoms with van der Waals surface area (Å²) >= 11 is 0. The van der Waals surface area contributed by atoms with E-state index >= 15 is 0 Å². The fraction of sp³-hybridized carbons (Fsp3) is 0.818. The second-order valence-corrected chi connectivity index (χ2v) is 9.62. The van der Waals surface area contributed by atoms with Crippen molar-refractivity contribution in [3.63, 3.8) is 0 Å². The topological polar surface area (TPSA) is 9.23 Å². The van der Waals surface area contributed by atoms with Gasteiger partial charge < -0.3 is 4.43 Å². The predicted molar refractivity (Wildman–Crippen MR) is 60.4 cm³/mol. The highest BCUT2D eigenvalue weighted by Gasteiger charge is 2.23. The zero-order valence-corrected chi connectivity index (χ0v) is 10.6. The number of rotatable bonds is 2. The molecule has 0 aromatic rings. The van der Waals surface area contributed by atoms with Crippen molar-refractivity contribution in [3.8, 4) is 0 Å². The third-order valence-corrected chi connectivity index (χ3v) is 3.66. The molecular formula is C11H22OSi. The zero-order valence-electron chi connectivity index (χ0n) is 9.61. The normalized spacial score (nSPS) is 25.2. The Bertz CT molecular complexity index is 213. The maximum absolute atomic E-state index is 6.10. The van der Waals surface area contributed by atoms with Gasteiger partial charge in [0.25, 0.3) is 0 Å². The first-order valence-corrected chi connectivity index (χ1v) is 8.62. The molecule has 0 saturated heterocycles. The SMILES string of the molecule is CC1=C(C)CC(O[Si](C)(C)C)CC1. The molecule has 0 amide bonds. The summed E-state index contributed by atoms with van der Waals surface area (Å²) in [6, 6.07) is 0. The molecule has 2 heteroatoms. The van der Waals surface area contributed by atoms with Crippen molar-refractivity contribution in [2.45, 2.75) is 58.9 Å². The van der Waals surface area contributed by atoms with Gasteiger partial charge in [-0.3, -0.25) is 0 Å². The Balaban J connectivity index is 2.50. The van der Waals surface area contributed by atoms with Gasteiger partial charge in [-0.25, -0.2) is 0 Å². The van der Waals surface area contributed by atoms with E-state index in [1.165, 1.54) is 12.8 Å². The van der Waals surface area contributed by atoms with Crippen LogP contribution >= 0.6 is 0 Å². The van der Waals surface area contributed by atoms with Crippen LogP contribution in [0.3, 0.4) is 0 Å². The van der Waals surface area contributed by atoms with E-state index in [-0.39, 0.29) is 0 Å². The molecule has 0 spiro atoms. The van der Waals surface area contributed by atoms with Crippen LogP contribution < -0.4 is 0 Å². The van der Waals surface area contributed by atoms with E-state index in [1.54, 1.807) is 11.1 Å². The maximum atomic E-state index is 6.10. The summed E-state index contributed by atoms with van der Waals surface area (Å²) in [5.74, 6) is 0. The Morgan fingerprint density at radius 2 is 1.77 bits per heavy atom. The molecular weight excluding hydrogens is 176 g/mol. The molecule has 0 fully saturated rings. The molecule has 1 rings (SSSR count). The molecule has 0 radical (unpaired) electrons. The van der Waals surface area contributed by atoms with Crippen molar-refractivity contribution < 1.29 is 4.43 Å². The smallest absolute Gasteiger partial charge is 0.184 e. The van der Waals surface area contributed by atoms with Crippen molar-refractivity contribution in [1.29, 1.82) is 0 Å². The van der Waals surface area contributed by atoms with E-state index in [0.29, 0.717) is 6.10 Å². The number of allylic oxidation sites excluding steroid dienone is 1. The van der Waals surface area contributed by atoms with E-state index in [1.807, 2.05) is 0 Å². The molecule has 0 saturated carbocycles. The van der Waals surface area contributed by atoms with Crippen molar-refractivity contribution in [1.82, 2.24) is 0 Å². The molecule has 1 atom stereocenters. The summed E-state index contributed by atoms with van der Waals surface area (Å²) in [5, 5.41) is 0. The Morgan fingerprint density at radius 1 is 1.15 bits per heavy atom. The maximum Gasteiger partial charge on any atom is 0.184 e. The molecule has 0 aromatic heterocycles. The molecule has 1 nitrogen and oxygen atoms in total. The van der Waals surface area contributed by atoms with Gasteiger partial charge in [0.15, 0.2) is 8.32 Å². The molecule has 0 N–H and O–H groups in total. The van der Waals surface area contributed by atoms with Crippen LogP contribution in [0.15, 0.2) is 11.1 Å². The third kappa shape index (κ3) is 3.65.